The standard InChI is InChI=1S/C13H10F6N2/c1-6(2)10-8-3-7(12(14,15)16)4-9(13(17,18)19)11(8)21-5-20-10/h3-6H,1-2H3. The van der Waals surface area contributed by atoms with E-state index >= 15 is 0 Å². The Balaban J connectivity index is 2.92. The molecule has 0 atom stereocenters. The first kappa shape index (κ1) is 15.5. The molecule has 8 heteroatoms. The molecule has 0 spiro atoms. The summed E-state index contributed by atoms with van der Waals surface area (Å²) < 4.78 is 77.4. The van der Waals surface area contributed by atoms with Gasteiger partial charge in [0.05, 0.1) is 22.3 Å². The summed E-state index contributed by atoms with van der Waals surface area (Å²) >= 11 is 0. The lowest BCUT2D eigenvalue weighted by molar-refractivity contribution is -0.142. The van der Waals surface area contributed by atoms with Crippen molar-refractivity contribution in [2.45, 2.75) is 32.1 Å². The van der Waals surface area contributed by atoms with Crippen molar-refractivity contribution < 1.29 is 26.3 Å². The van der Waals surface area contributed by atoms with Crippen molar-refractivity contribution in [2.75, 3.05) is 0 Å². The number of alkyl halides is 6. The summed E-state index contributed by atoms with van der Waals surface area (Å²) in [5, 5.41) is -0.227. The Hall–Kier alpha value is -1.86. The molecule has 2 aromatic rings. The molecule has 0 saturated carbocycles. The second-order valence-corrected chi connectivity index (χ2v) is 4.83. The molecule has 0 fully saturated rings. The van der Waals surface area contributed by atoms with E-state index in [1.807, 2.05) is 0 Å². The maximum Gasteiger partial charge on any atom is 0.418 e. The van der Waals surface area contributed by atoms with Crippen LogP contribution in [-0.4, -0.2) is 9.97 Å². The molecule has 0 saturated heterocycles. The minimum Gasteiger partial charge on any atom is -0.240 e. The normalized spacial score (nSPS) is 13.2. The zero-order chi connectivity index (χ0) is 16.0. The fourth-order valence-electron chi connectivity index (χ4n) is 2.03. The molecule has 0 bridgehead atoms. The molecular weight excluding hydrogens is 298 g/mol. The quantitative estimate of drug-likeness (QED) is 0.708. The van der Waals surface area contributed by atoms with Crippen LogP contribution < -0.4 is 0 Å². The first-order chi connectivity index (χ1) is 9.51. The number of fused-ring (bicyclic) bond motifs is 1. The van der Waals surface area contributed by atoms with Crippen LogP contribution in [0.5, 0.6) is 0 Å². The van der Waals surface area contributed by atoms with Crippen LogP contribution in [0.15, 0.2) is 18.5 Å². The van der Waals surface area contributed by atoms with Crippen LogP contribution in [0.3, 0.4) is 0 Å². The highest BCUT2D eigenvalue weighted by Crippen LogP contribution is 2.40. The van der Waals surface area contributed by atoms with Crippen LogP contribution >= 0.6 is 0 Å². The Kier molecular flexibility index (Phi) is 3.59. The Labute approximate surface area is 115 Å². The molecular formula is C13H10F6N2. The first-order valence-corrected chi connectivity index (χ1v) is 5.95. The third kappa shape index (κ3) is 2.93. The van der Waals surface area contributed by atoms with Crippen LogP contribution in [0.2, 0.25) is 0 Å². The zero-order valence-corrected chi connectivity index (χ0v) is 11.0. The van der Waals surface area contributed by atoms with E-state index in [9.17, 15) is 26.3 Å². The van der Waals surface area contributed by atoms with E-state index in [2.05, 4.69) is 9.97 Å². The Morgan fingerprint density at radius 1 is 0.905 bits per heavy atom. The van der Waals surface area contributed by atoms with Gasteiger partial charge in [0.2, 0.25) is 0 Å². The molecule has 0 aliphatic heterocycles. The Bertz CT molecular complexity index is 673. The van der Waals surface area contributed by atoms with Crippen LogP contribution in [-0.2, 0) is 12.4 Å². The highest BCUT2D eigenvalue weighted by Gasteiger charge is 2.39. The number of aromatic nitrogens is 2. The van der Waals surface area contributed by atoms with Gasteiger partial charge in [0.25, 0.3) is 0 Å². The lowest BCUT2D eigenvalue weighted by Gasteiger charge is -2.16. The largest absolute Gasteiger partial charge is 0.418 e. The zero-order valence-electron chi connectivity index (χ0n) is 11.0. The lowest BCUT2D eigenvalue weighted by atomic mass is 9.99. The van der Waals surface area contributed by atoms with Gasteiger partial charge in [-0.25, -0.2) is 9.97 Å². The van der Waals surface area contributed by atoms with Crippen LogP contribution in [0.25, 0.3) is 10.9 Å². The number of hydrogen-bond acceptors (Lipinski definition) is 2. The maximum absolute atomic E-state index is 13.0. The first-order valence-electron chi connectivity index (χ1n) is 5.95. The summed E-state index contributed by atoms with van der Waals surface area (Å²) in [5.41, 5.74) is -3.14. The van der Waals surface area contributed by atoms with Gasteiger partial charge in [-0.15, -0.1) is 0 Å². The van der Waals surface area contributed by atoms with Gasteiger partial charge < -0.3 is 0 Å². The van der Waals surface area contributed by atoms with Gasteiger partial charge in [0, 0.05) is 5.39 Å². The van der Waals surface area contributed by atoms with E-state index in [1.54, 1.807) is 13.8 Å². The van der Waals surface area contributed by atoms with Crippen molar-refractivity contribution in [3.63, 3.8) is 0 Å². The predicted molar refractivity (Wildman–Crippen MR) is 63.6 cm³/mol. The van der Waals surface area contributed by atoms with Crippen LogP contribution in [0, 0.1) is 0 Å². The maximum atomic E-state index is 13.0. The summed E-state index contributed by atoms with van der Waals surface area (Å²) in [6.07, 6.45) is -8.87. The van der Waals surface area contributed by atoms with E-state index in [0.717, 1.165) is 6.33 Å². The topological polar surface area (TPSA) is 25.8 Å². The van der Waals surface area contributed by atoms with Gasteiger partial charge in [-0.3, -0.25) is 0 Å². The molecule has 21 heavy (non-hydrogen) atoms. The van der Waals surface area contributed by atoms with Crippen molar-refractivity contribution in [3.05, 3.63) is 35.3 Å². The van der Waals surface area contributed by atoms with Gasteiger partial charge >= 0.3 is 12.4 Å². The average molecular weight is 308 g/mol. The van der Waals surface area contributed by atoms with E-state index < -0.39 is 29.0 Å². The van der Waals surface area contributed by atoms with Crippen molar-refractivity contribution in [2.24, 2.45) is 0 Å². The van der Waals surface area contributed by atoms with E-state index in [1.165, 1.54) is 0 Å². The van der Waals surface area contributed by atoms with Crippen molar-refractivity contribution >= 4 is 10.9 Å². The van der Waals surface area contributed by atoms with E-state index in [-0.39, 0.29) is 23.1 Å². The molecule has 1 heterocycles. The molecule has 0 amide bonds. The summed E-state index contributed by atoms with van der Waals surface area (Å²) in [5.74, 6) is -0.333. The minimum atomic E-state index is -4.93. The Morgan fingerprint density at radius 3 is 2.00 bits per heavy atom. The molecule has 0 radical (unpaired) electrons. The molecule has 2 nitrogen and oxygen atoms in total. The molecule has 1 aromatic carbocycles. The third-order valence-corrected chi connectivity index (χ3v) is 2.95. The molecule has 2 rings (SSSR count). The highest BCUT2D eigenvalue weighted by molar-refractivity contribution is 5.85. The molecule has 0 aliphatic carbocycles. The van der Waals surface area contributed by atoms with Crippen molar-refractivity contribution in [1.29, 1.82) is 0 Å². The number of halogens is 6. The van der Waals surface area contributed by atoms with Gasteiger partial charge in [0.15, 0.2) is 0 Å². The van der Waals surface area contributed by atoms with Crippen molar-refractivity contribution in [1.82, 2.24) is 9.97 Å². The highest BCUT2D eigenvalue weighted by atomic mass is 19.4. The number of nitrogens with zero attached hydrogens (tertiary/aromatic N) is 2. The number of benzene rings is 1. The summed E-state index contributed by atoms with van der Waals surface area (Å²) in [7, 11) is 0. The average Bonchev–Trinajstić information content (AvgIpc) is 2.34. The van der Waals surface area contributed by atoms with E-state index in [0.29, 0.717) is 6.07 Å². The molecule has 114 valence electrons. The summed E-state index contributed by atoms with van der Waals surface area (Å²) in [6, 6.07) is 0.749. The fraction of sp³-hybridized carbons (Fsp3) is 0.385. The monoisotopic (exact) mass is 308 g/mol. The molecule has 0 N–H and O–H groups in total. The van der Waals surface area contributed by atoms with Gasteiger partial charge in [-0.2, -0.15) is 26.3 Å². The molecule has 0 unspecified atom stereocenters. The number of hydrogen-bond donors (Lipinski definition) is 0. The second-order valence-electron chi connectivity index (χ2n) is 4.83. The predicted octanol–water partition coefficient (Wildman–Crippen LogP) is 4.79. The fourth-order valence-corrected chi connectivity index (χ4v) is 2.03. The van der Waals surface area contributed by atoms with Gasteiger partial charge in [0.1, 0.15) is 6.33 Å². The van der Waals surface area contributed by atoms with Gasteiger partial charge in [-0.05, 0) is 18.1 Å². The van der Waals surface area contributed by atoms with E-state index in [4.69, 9.17) is 0 Å². The van der Waals surface area contributed by atoms with Crippen LogP contribution in [0.1, 0.15) is 36.6 Å². The van der Waals surface area contributed by atoms with Crippen molar-refractivity contribution in [3.8, 4) is 0 Å². The Morgan fingerprint density at radius 2 is 1.52 bits per heavy atom. The minimum absolute atomic E-state index is 0.0828. The lowest BCUT2D eigenvalue weighted by Crippen LogP contribution is -2.13. The summed E-state index contributed by atoms with van der Waals surface area (Å²) in [6.45, 7) is 3.27. The number of rotatable bonds is 1. The van der Waals surface area contributed by atoms with Crippen LogP contribution in [0.4, 0.5) is 26.3 Å². The van der Waals surface area contributed by atoms with Gasteiger partial charge in [-0.1, -0.05) is 13.8 Å². The SMILES string of the molecule is CC(C)c1ncnc2c(C(F)(F)F)cc(C(F)(F)F)cc12. The summed E-state index contributed by atoms with van der Waals surface area (Å²) in [4.78, 5) is 7.32. The molecule has 1 aromatic heterocycles. The smallest absolute Gasteiger partial charge is 0.240 e. The second kappa shape index (κ2) is 4.85. The molecule has 0 aliphatic rings. The third-order valence-electron chi connectivity index (χ3n) is 2.95.